The molecule has 2 rings (SSSR count). The molecule has 0 aliphatic carbocycles. The molecule has 0 saturated heterocycles. The van der Waals surface area contributed by atoms with E-state index in [2.05, 4.69) is 26.1 Å². The van der Waals surface area contributed by atoms with Crippen molar-refractivity contribution in [1.29, 1.82) is 0 Å². The van der Waals surface area contributed by atoms with Gasteiger partial charge in [0.25, 0.3) is 0 Å². The number of aliphatic hydroxyl groups is 1. The summed E-state index contributed by atoms with van der Waals surface area (Å²) in [5.41, 5.74) is 8.41. The highest BCUT2D eigenvalue weighted by molar-refractivity contribution is 9.10. The van der Waals surface area contributed by atoms with Crippen LogP contribution in [0.25, 0.3) is 0 Å². The third kappa shape index (κ3) is 2.52. The number of nitrogen functional groups attached to an aromatic ring is 1. The molecule has 2 heterocycles. The van der Waals surface area contributed by atoms with Crippen LogP contribution in [0.5, 0.6) is 0 Å². The highest BCUT2D eigenvalue weighted by Crippen LogP contribution is 2.28. The van der Waals surface area contributed by atoms with Gasteiger partial charge in [0.05, 0.1) is 28.2 Å². The van der Waals surface area contributed by atoms with E-state index in [1.54, 1.807) is 17.9 Å². The van der Waals surface area contributed by atoms with E-state index in [1.165, 1.54) is 0 Å². The fourth-order valence-corrected chi connectivity index (χ4v) is 2.52. The lowest BCUT2D eigenvalue weighted by Gasteiger charge is -2.12. The van der Waals surface area contributed by atoms with E-state index in [-0.39, 0.29) is 0 Å². The Hall–Kier alpha value is -1.34. The van der Waals surface area contributed by atoms with Gasteiger partial charge in [-0.15, -0.1) is 0 Å². The van der Waals surface area contributed by atoms with Crippen molar-refractivity contribution in [2.45, 2.75) is 32.9 Å². The third-order valence-corrected chi connectivity index (χ3v) is 4.24. The highest BCUT2D eigenvalue weighted by atomic mass is 79.9. The number of nitrogens with two attached hydrogens (primary N) is 1. The van der Waals surface area contributed by atoms with Gasteiger partial charge in [-0.3, -0.25) is 9.36 Å². The number of rotatable bonds is 4. The molecule has 0 fully saturated rings. The Morgan fingerprint density at radius 1 is 1.53 bits per heavy atom. The average Bonchev–Trinajstić information content (AvgIpc) is 2.84. The monoisotopic (exact) mass is 327 g/mol. The number of hydrogen-bond acceptors (Lipinski definition) is 4. The van der Waals surface area contributed by atoms with Gasteiger partial charge < -0.3 is 10.8 Å². The van der Waals surface area contributed by atoms with Gasteiger partial charge in [0.2, 0.25) is 0 Å². The van der Waals surface area contributed by atoms with Gasteiger partial charge in [0.1, 0.15) is 5.82 Å². The molecule has 0 amide bonds. The SMILES string of the molecule is CCn1nc(C)c(Br)c1CC(O)c1cnn(C)c1N. The van der Waals surface area contributed by atoms with Gasteiger partial charge in [-0.05, 0) is 29.8 Å². The summed E-state index contributed by atoms with van der Waals surface area (Å²) < 4.78 is 4.38. The van der Waals surface area contributed by atoms with Crippen molar-refractivity contribution in [1.82, 2.24) is 19.6 Å². The molecule has 0 aromatic carbocycles. The van der Waals surface area contributed by atoms with Crippen LogP contribution in [0.3, 0.4) is 0 Å². The van der Waals surface area contributed by atoms with Gasteiger partial charge in [0, 0.05) is 25.6 Å². The minimum atomic E-state index is -0.689. The number of aliphatic hydroxyl groups excluding tert-OH is 1. The smallest absolute Gasteiger partial charge is 0.127 e. The van der Waals surface area contributed by atoms with Crippen LogP contribution < -0.4 is 5.73 Å². The molecule has 6 nitrogen and oxygen atoms in total. The van der Waals surface area contributed by atoms with E-state index in [0.717, 1.165) is 22.4 Å². The van der Waals surface area contributed by atoms with Gasteiger partial charge in [-0.2, -0.15) is 10.2 Å². The molecule has 0 aliphatic heterocycles. The maximum Gasteiger partial charge on any atom is 0.127 e. The van der Waals surface area contributed by atoms with Crippen LogP contribution in [0.1, 0.15) is 30.0 Å². The second-order valence-corrected chi connectivity index (χ2v) is 5.28. The largest absolute Gasteiger partial charge is 0.388 e. The molecule has 1 atom stereocenters. The van der Waals surface area contributed by atoms with Crippen LogP contribution in [-0.4, -0.2) is 24.7 Å². The second kappa shape index (κ2) is 5.34. The molecular formula is C12H18BrN5O. The van der Waals surface area contributed by atoms with Crippen molar-refractivity contribution < 1.29 is 5.11 Å². The Morgan fingerprint density at radius 3 is 2.74 bits per heavy atom. The van der Waals surface area contributed by atoms with Crippen LogP contribution in [0, 0.1) is 6.92 Å². The summed E-state index contributed by atoms with van der Waals surface area (Å²) in [6, 6.07) is 0. The van der Waals surface area contributed by atoms with Crippen molar-refractivity contribution in [3.05, 3.63) is 27.6 Å². The summed E-state index contributed by atoms with van der Waals surface area (Å²) >= 11 is 3.52. The molecule has 0 radical (unpaired) electrons. The summed E-state index contributed by atoms with van der Waals surface area (Å²) in [4.78, 5) is 0. The normalized spacial score (nSPS) is 12.9. The second-order valence-electron chi connectivity index (χ2n) is 4.49. The Labute approximate surface area is 120 Å². The van der Waals surface area contributed by atoms with Crippen molar-refractivity contribution in [3.63, 3.8) is 0 Å². The first-order chi connectivity index (χ1) is 8.95. The van der Waals surface area contributed by atoms with Gasteiger partial charge >= 0.3 is 0 Å². The molecule has 0 bridgehead atoms. The highest BCUT2D eigenvalue weighted by Gasteiger charge is 2.20. The Morgan fingerprint density at radius 2 is 2.21 bits per heavy atom. The van der Waals surface area contributed by atoms with Crippen LogP contribution in [0.2, 0.25) is 0 Å². The molecule has 0 saturated carbocycles. The third-order valence-electron chi connectivity index (χ3n) is 3.21. The predicted octanol–water partition coefficient (Wildman–Crippen LogP) is 1.57. The first-order valence-corrected chi connectivity index (χ1v) is 6.92. The van der Waals surface area contributed by atoms with E-state index in [1.807, 2.05) is 18.5 Å². The Bertz CT molecular complexity index is 589. The predicted molar refractivity (Wildman–Crippen MR) is 76.6 cm³/mol. The maximum atomic E-state index is 10.3. The first kappa shape index (κ1) is 14.1. The number of hydrogen-bond donors (Lipinski definition) is 2. The van der Waals surface area contributed by atoms with Gasteiger partial charge in [-0.25, -0.2) is 0 Å². The molecule has 0 spiro atoms. The summed E-state index contributed by atoms with van der Waals surface area (Å²) in [6.07, 6.45) is 1.37. The topological polar surface area (TPSA) is 81.9 Å². The van der Waals surface area contributed by atoms with Gasteiger partial charge in [-0.1, -0.05) is 0 Å². The van der Waals surface area contributed by atoms with Gasteiger partial charge in [0.15, 0.2) is 0 Å². The molecule has 7 heteroatoms. The maximum absolute atomic E-state index is 10.3. The standard InChI is InChI=1S/C12H18BrN5O/c1-4-18-9(11(13)7(2)16-18)5-10(19)8-6-15-17(3)12(8)14/h6,10,19H,4-5,14H2,1-3H3. The zero-order valence-corrected chi connectivity index (χ0v) is 12.8. The number of nitrogens with zero attached hydrogens (tertiary/aromatic N) is 4. The number of anilines is 1. The number of aryl methyl sites for hydroxylation is 3. The van der Waals surface area contributed by atoms with Crippen LogP contribution >= 0.6 is 15.9 Å². The molecule has 0 aliphatic rings. The minimum Gasteiger partial charge on any atom is -0.388 e. The minimum absolute atomic E-state index is 0.450. The summed E-state index contributed by atoms with van der Waals surface area (Å²) in [7, 11) is 1.75. The quantitative estimate of drug-likeness (QED) is 0.892. The first-order valence-electron chi connectivity index (χ1n) is 6.12. The van der Waals surface area contributed by atoms with Crippen molar-refractivity contribution >= 4 is 21.7 Å². The van der Waals surface area contributed by atoms with Crippen molar-refractivity contribution in [3.8, 4) is 0 Å². The van der Waals surface area contributed by atoms with E-state index >= 15 is 0 Å². The molecule has 2 aromatic heterocycles. The molecule has 2 aromatic rings. The summed E-state index contributed by atoms with van der Waals surface area (Å²) in [5, 5.41) is 18.8. The fourth-order valence-electron chi connectivity index (χ4n) is 2.08. The number of aromatic nitrogens is 4. The lowest BCUT2D eigenvalue weighted by atomic mass is 10.1. The molecule has 104 valence electrons. The van der Waals surface area contributed by atoms with Crippen LogP contribution in [-0.2, 0) is 20.0 Å². The van der Waals surface area contributed by atoms with E-state index < -0.39 is 6.10 Å². The Balaban J connectivity index is 2.28. The fraction of sp³-hybridized carbons (Fsp3) is 0.500. The molecule has 3 N–H and O–H groups in total. The number of halogens is 1. The van der Waals surface area contributed by atoms with Crippen LogP contribution in [0.4, 0.5) is 5.82 Å². The van der Waals surface area contributed by atoms with Crippen molar-refractivity contribution in [2.75, 3.05) is 5.73 Å². The van der Waals surface area contributed by atoms with Crippen LogP contribution in [0.15, 0.2) is 10.7 Å². The summed E-state index contributed by atoms with van der Waals surface area (Å²) in [6.45, 7) is 4.72. The van der Waals surface area contributed by atoms with E-state index in [4.69, 9.17) is 5.73 Å². The van der Waals surface area contributed by atoms with E-state index in [9.17, 15) is 5.11 Å². The lowest BCUT2D eigenvalue weighted by Crippen LogP contribution is -2.10. The molecule has 19 heavy (non-hydrogen) atoms. The summed E-state index contributed by atoms with van der Waals surface area (Å²) in [5.74, 6) is 0.489. The molecular weight excluding hydrogens is 310 g/mol. The lowest BCUT2D eigenvalue weighted by molar-refractivity contribution is 0.176. The van der Waals surface area contributed by atoms with Crippen molar-refractivity contribution in [2.24, 2.45) is 7.05 Å². The Kier molecular flexibility index (Phi) is 3.96. The average molecular weight is 328 g/mol. The zero-order valence-electron chi connectivity index (χ0n) is 11.3. The molecule has 1 unspecified atom stereocenters. The zero-order chi connectivity index (χ0) is 14.2. The van der Waals surface area contributed by atoms with E-state index in [0.29, 0.717) is 17.8 Å².